The molecule has 3 N–H and O–H groups in total. The summed E-state index contributed by atoms with van der Waals surface area (Å²) in [6, 6.07) is 6.53. The molecule has 0 atom stereocenters. The van der Waals surface area contributed by atoms with Gasteiger partial charge in [0.15, 0.2) is 0 Å². The topological polar surface area (TPSA) is 86.6 Å². The molecule has 0 aliphatic heterocycles. The summed E-state index contributed by atoms with van der Waals surface area (Å²) in [6.07, 6.45) is 2.83. The number of amides is 1. The van der Waals surface area contributed by atoms with Gasteiger partial charge < -0.3 is 15.5 Å². The van der Waals surface area contributed by atoms with Gasteiger partial charge in [0, 0.05) is 13.2 Å². The Morgan fingerprint density at radius 2 is 1.95 bits per heavy atom. The molecule has 0 unspecified atom stereocenters. The first-order valence-corrected chi connectivity index (χ1v) is 6.75. The Balaban J connectivity index is 1.90. The number of aromatic carboxylic acids is 1. The van der Waals surface area contributed by atoms with Gasteiger partial charge in [-0.05, 0) is 36.3 Å². The van der Waals surface area contributed by atoms with Gasteiger partial charge in [0.2, 0.25) is 5.91 Å². The summed E-state index contributed by atoms with van der Waals surface area (Å²) < 4.78 is 0. The number of nitrogens with one attached hydrogen (secondary N) is 1. The Kier molecular flexibility index (Phi) is 4.39. The lowest BCUT2D eigenvalue weighted by Crippen LogP contribution is -2.32. The first-order valence-electron chi connectivity index (χ1n) is 6.75. The van der Waals surface area contributed by atoms with Gasteiger partial charge in [-0.1, -0.05) is 18.2 Å². The first-order chi connectivity index (χ1) is 9.56. The van der Waals surface area contributed by atoms with E-state index in [9.17, 15) is 9.59 Å². The lowest BCUT2D eigenvalue weighted by atomic mass is 10.0. The second-order valence-corrected chi connectivity index (χ2v) is 5.39. The van der Waals surface area contributed by atoms with Gasteiger partial charge in [0.05, 0.1) is 12.0 Å². The summed E-state index contributed by atoms with van der Waals surface area (Å²) in [5.41, 5.74) is 0.750. The van der Waals surface area contributed by atoms with Crippen LogP contribution >= 0.6 is 0 Å². The van der Waals surface area contributed by atoms with Crippen molar-refractivity contribution in [1.82, 2.24) is 5.32 Å². The number of rotatable bonds is 7. The molecule has 1 saturated carbocycles. The Hall–Kier alpha value is -1.88. The third-order valence-electron chi connectivity index (χ3n) is 3.86. The van der Waals surface area contributed by atoms with Crippen LogP contribution in [0.5, 0.6) is 0 Å². The average Bonchev–Trinajstić information content (AvgIpc) is 3.18. The number of hydrogen-bond acceptors (Lipinski definition) is 3. The van der Waals surface area contributed by atoms with E-state index in [2.05, 4.69) is 5.32 Å². The number of carbonyl (C=O) groups excluding carboxylic acids is 1. The lowest BCUT2D eigenvalue weighted by molar-refractivity contribution is -0.120. The number of carboxylic acids is 1. The molecule has 2 rings (SSSR count). The van der Waals surface area contributed by atoms with Crippen LogP contribution in [0, 0.1) is 5.41 Å². The van der Waals surface area contributed by atoms with E-state index in [-0.39, 0.29) is 29.9 Å². The molecule has 1 fully saturated rings. The van der Waals surface area contributed by atoms with E-state index in [1.165, 1.54) is 6.07 Å². The molecule has 0 bridgehead atoms. The fraction of sp³-hybridized carbons (Fsp3) is 0.467. The van der Waals surface area contributed by atoms with E-state index < -0.39 is 5.97 Å². The van der Waals surface area contributed by atoms with Crippen LogP contribution < -0.4 is 5.32 Å². The van der Waals surface area contributed by atoms with E-state index in [0.29, 0.717) is 18.5 Å². The predicted octanol–water partition coefficient (Wildman–Crippen LogP) is 1.21. The number of hydrogen-bond donors (Lipinski definition) is 3. The normalized spacial score (nSPS) is 15.7. The lowest BCUT2D eigenvalue weighted by Gasteiger charge is -2.14. The van der Waals surface area contributed by atoms with Crippen molar-refractivity contribution in [2.45, 2.75) is 25.7 Å². The van der Waals surface area contributed by atoms with Crippen LogP contribution in [0.15, 0.2) is 24.3 Å². The zero-order valence-electron chi connectivity index (χ0n) is 11.3. The quantitative estimate of drug-likeness (QED) is 0.699. The smallest absolute Gasteiger partial charge is 0.335 e. The second kappa shape index (κ2) is 6.05. The van der Waals surface area contributed by atoms with E-state index in [0.717, 1.165) is 12.8 Å². The summed E-state index contributed by atoms with van der Waals surface area (Å²) in [6.45, 7) is 0.694. The van der Waals surface area contributed by atoms with E-state index in [4.69, 9.17) is 10.2 Å². The molecule has 1 aromatic carbocycles. The molecule has 1 aliphatic carbocycles. The van der Waals surface area contributed by atoms with Crippen LogP contribution in [0.4, 0.5) is 0 Å². The third kappa shape index (κ3) is 3.57. The van der Waals surface area contributed by atoms with Gasteiger partial charge in [-0.15, -0.1) is 0 Å². The molecule has 0 heterocycles. The Labute approximate surface area is 117 Å². The molecule has 0 aromatic heterocycles. The van der Waals surface area contributed by atoms with Crippen LogP contribution in [0.3, 0.4) is 0 Å². The number of carboxylic acid groups (broad SMARTS) is 1. The molecular formula is C15H19NO4. The van der Waals surface area contributed by atoms with Gasteiger partial charge in [-0.25, -0.2) is 4.79 Å². The molecule has 0 saturated heterocycles. The van der Waals surface area contributed by atoms with Crippen LogP contribution in [0.25, 0.3) is 0 Å². The minimum absolute atomic E-state index is 0.0662. The third-order valence-corrected chi connectivity index (χ3v) is 3.86. The minimum atomic E-state index is -1.02. The monoisotopic (exact) mass is 277 g/mol. The SMILES string of the molecule is O=C(Cc1ccccc1C(=O)O)NCC1(CCO)CC1. The molecule has 1 aromatic rings. The van der Waals surface area contributed by atoms with Gasteiger partial charge in [-0.3, -0.25) is 4.79 Å². The van der Waals surface area contributed by atoms with E-state index in [1.807, 2.05) is 0 Å². The average molecular weight is 277 g/mol. The van der Waals surface area contributed by atoms with Crippen LogP contribution in [-0.2, 0) is 11.2 Å². The highest BCUT2D eigenvalue weighted by molar-refractivity contribution is 5.91. The van der Waals surface area contributed by atoms with Gasteiger partial charge in [0.1, 0.15) is 0 Å². The molecule has 0 spiro atoms. The Morgan fingerprint density at radius 3 is 2.55 bits per heavy atom. The van der Waals surface area contributed by atoms with Crippen molar-refractivity contribution in [3.8, 4) is 0 Å². The molecule has 1 amide bonds. The van der Waals surface area contributed by atoms with Crippen LogP contribution in [-0.4, -0.2) is 35.2 Å². The first kappa shape index (κ1) is 14.5. The van der Waals surface area contributed by atoms with E-state index >= 15 is 0 Å². The van der Waals surface area contributed by atoms with Gasteiger partial charge in [0.25, 0.3) is 0 Å². The van der Waals surface area contributed by atoms with Crippen LogP contribution in [0.2, 0.25) is 0 Å². The zero-order chi connectivity index (χ0) is 14.6. The number of aliphatic hydroxyl groups excluding tert-OH is 1. The van der Waals surface area contributed by atoms with Crippen molar-refractivity contribution >= 4 is 11.9 Å². The molecule has 5 heteroatoms. The number of aliphatic hydroxyl groups is 1. The highest BCUT2D eigenvalue weighted by atomic mass is 16.4. The highest BCUT2D eigenvalue weighted by Crippen LogP contribution is 2.47. The van der Waals surface area contributed by atoms with Crippen molar-refractivity contribution in [3.63, 3.8) is 0 Å². The maximum atomic E-state index is 11.9. The fourth-order valence-corrected chi connectivity index (χ4v) is 2.33. The molecule has 5 nitrogen and oxygen atoms in total. The number of benzene rings is 1. The second-order valence-electron chi connectivity index (χ2n) is 5.39. The van der Waals surface area contributed by atoms with Crippen molar-refractivity contribution in [2.75, 3.05) is 13.2 Å². The summed E-state index contributed by atoms with van der Waals surface area (Å²) >= 11 is 0. The molecule has 1 aliphatic rings. The maximum Gasteiger partial charge on any atom is 0.335 e. The van der Waals surface area contributed by atoms with Gasteiger partial charge in [-0.2, -0.15) is 0 Å². The Morgan fingerprint density at radius 1 is 1.25 bits per heavy atom. The Bertz CT molecular complexity index is 508. The fourth-order valence-electron chi connectivity index (χ4n) is 2.33. The zero-order valence-corrected chi connectivity index (χ0v) is 11.3. The largest absolute Gasteiger partial charge is 0.478 e. The molecule has 20 heavy (non-hydrogen) atoms. The van der Waals surface area contributed by atoms with Gasteiger partial charge >= 0.3 is 5.97 Å². The predicted molar refractivity (Wildman–Crippen MR) is 73.5 cm³/mol. The summed E-state index contributed by atoms with van der Waals surface area (Å²) in [7, 11) is 0. The van der Waals surface area contributed by atoms with Crippen molar-refractivity contribution in [1.29, 1.82) is 0 Å². The van der Waals surface area contributed by atoms with Crippen molar-refractivity contribution in [3.05, 3.63) is 35.4 Å². The van der Waals surface area contributed by atoms with Crippen molar-refractivity contribution in [2.24, 2.45) is 5.41 Å². The standard InChI is InChI=1S/C15H19NO4/c17-8-7-15(5-6-15)10-16-13(18)9-11-3-1-2-4-12(11)14(19)20/h1-4,17H,5-10H2,(H,16,18)(H,19,20). The van der Waals surface area contributed by atoms with Crippen LogP contribution in [0.1, 0.15) is 35.2 Å². The minimum Gasteiger partial charge on any atom is -0.478 e. The molecular weight excluding hydrogens is 258 g/mol. The molecule has 0 radical (unpaired) electrons. The summed E-state index contributed by atoms with van der Waals surface area (Å²) in [4.78, 5) is 23.0. The summed E-state index contributed by atoms with van der Waals surface area (Å²) in [5.74, 6) is -1.20. The van der Waals surface area contributed by atoms with Crippen molar-refractivity contribution < 1.29 is 19.8 Å². The maximum absolute atomic E-state index is 11.9. The molecule has 108 valence electrons. The highest BCUT2D eigenvalue weighted by Gasteiger charge is 2.41. The summed E-state index contributed by atoms with van der Waals surface area (Å²) in [5, 5.41) is 20.9. The number of carbonyl (C=O) groups is 2. The van der Waals surface area contributed by atoms with E-state index in [1.54, 1.807) is 18.2 Å².